The minimum absolute atomic E-state index is 0.162. The first kappa shape index (κ1) is 18.5. The molecule has 1 aliphatic rings. The van der Waals surface area contributed by atoms with Crippen LogP contribution < -0.4 is 5.73 Å². The van der Waals surface area contributed by atoms with E-state index in [4.69, 9.17) is 10.5 Å². The van der Waals surface area contributed by atoms with Crippen LogP contribution in [0.15, 0.2) is 42.5 Å². The predicted molar refractivity (Wildman–Crippen MR) is 101 cm³/mol. The van der Waals surface area contributed by atoms with Gasteiger partial charge in [0.25, 0.3) is 0 Å². The Hall–Kier alpha value is -2.82. The molecule has 2 aromatic carbocycles. The van der Waals surface area contributed by atoms with Crippen LogP contribution in [0.4, 0.5) is 10.3 Å². The first-order valence-electron chi connectivity index (χ1n) is 8.54. The van der Waals surface area contributed by atoms with Gasteiger partial charge in [0.05, 0.1) is 24.2 Å². The van der Waals surface area contributed by atoms with E-state index in [0.717, 1.165) is 10.0 Å². The molecular weight excluding hydrogens is 387 g/mol. The number of anilines is 1. The zero-order chi connectivity index (χ0) is 19.9. The average molecular weight is 404 g/mol. The van der Waals surface area contributed by atoms with Crippen LogP contribution >= 0.6 is 0 Å². The Morgan fingerprint density at radius 1 is 1.11 bits per heavy atom. The molecule has 1 aliphatic heterocycles. The molecule has 28 heavy (non-hydrogen) atoms. The maximum Gasteiger partial charge on any atom is 0.311 e. The number of halogens is 1. The molecule has 1 aromatic heterocycles. The number of fused-ring (bicyclic) bond motifs is 1. The Morgan fingerprint density at radius 2 is 1.82 bits per heavy atom. The lowest BCUT2D eigenvalue weighted by Crippen LogP contribution is -2.43. The number of ether oxygens (including phenoxy) is 1. The second kappa shape index (κ2) is 6.97. The van der Waals surface area contributed by atoms with Crippen molar-refractivity contribution in [2.45, 2.75) is 0 Å². The first-order valence-corrected chi connectivity index (χ1v) is 9.94. The van der Waals surface area contributed by atoms with Crippen LogP contribution in [0, 0.1) is 5.82 Å². The van der Waals surface area contributed by atoms with Crippen LogP contribution in [0.2, 0.25) is 0 Å². The Labute approximate surface area is 160 Å². The number of carbonyl (C=O) groups excluding carboxylic acids is 1. The standard InChI is InChI=1S/C18H17FN4O4S/c19-14-3-1-2-12(10-14)17(24)13-4-5-15-16(11-13)23(18(20)21-15)28(25,26)22-6-8-27-9-7-22/h1-5,10-11H,6-9H2,(H2,20,21). The van der Waals surface area contributed by atoms with Crippen molar-refractivity contribution in [3.8, 4) is 0 Å². The smallest absolute Gasteiger partial charge is 0.311 e. The summed E-state index contributed by atoms with van der Waals surface area (Å²) in [4.78, 5) is 16.8. The van der Waals surface area contributed by atoms with Gasteiger partial charge in [0.1, 0.15) is 5.82 Å². The Bertz CT molecular complexity index is 1170. The van der Waals surface area contributed by atoms with E-state index >= 15 is 0 Å². The fourth-order valence-electron chi connectivity index (χ4n) is 3.15. The number of hydrogen-bond donors (Lipinski definition) is 1. The van der Waals surface area contributed by atoms with Gasteiger partial charge in [-0.3, -0.25) is 4.79 Å². The molecule has 0 aliphatic carbocycles. The lowest BCUT2D eigenvalue weighted by molar-refractivity contribution is 0.0726. The maximum absolute atomic E-state index is 13.4. The molecule has 4 rings (SSSR count). The summed E-state index contributed by atoms with van der Waals surface area (Å²) in [7, 11) is -3.98. The summed E-state index contributed by atoms with van der Waals surface area (Å²) in [6, 6.07) is 9.73. The quantitative estimate of drug-likeness (QED) is 0.659. The number of nitrogens with two attached hydrogens (primary N) is 1. The van der Waals surface area contributed by atoms with Crippen LogP contribution in [0.1, 0.15) is 15.9 Å². The number of carbonyl (C=O) groups is 1. The van der Waals surface area contributed by atoms with Gasteiger partial charge < -0.3 is 10.5 Å². The molecule has 3 aromatic rings. The minimum atomic E-state index is -3.98. The number of nitrogen functional groups attached to an aromatic ring is 1. The summed E-state index contributed by atoms with van der Waals surface area (Å²) in [5.74, 6) is -1.16. The van der Waals surface area contributed by atoms with Crippen molar-refractivity contribution in [2.75, 3.05) is 32.0 Å². The molecule has 0 spiro atoms. The SMILES string of the molecule is Nc1nc2ccc(C(=O)c3cccc(F)c3)cc2n1S(=O)(=O)N1CCOCC1. The van der Waals surface area contributed by atoms with Gasteiger partial charge in [-0.25, -0.2) is 9.37 Å². The monoisotopic (exact) mass is 404 g/mol. The van der Waals surface area contributed by atoms with E-state index in [2.05, 4.69) is 4.98 Å². The molecule has 1 fully saturated rings. The van der Waals surface area contributed by atoms with E-state index < -0.39 is 21.8 Å². The molecule has 1 saturated heterocycles. The van der Waals surface area contributed by atoms with Gasteiger partial charge >= 0.3 is 10.2 Å². The molecular formula is C18H17FN4O4S. The molecule has 0 saturated carbocycles. The van der Waals surface area contributed by atoms with Crippen molar-refractivity contribution < 1.29 is 22.3 Å². The van der Waals surface area contributed by atoms with Gasteiger partial charge in [0.2, 0.25) is 5.95 Å². The molecule has 0 atom stereocenters. The van der Waals surface area contributed by atoms with E-state index in [1.807, 2.05) is 0 Å². The highest BCUT2D eigenvalue weighted by molar-refractivity contribution is 7.87. The number of morpholine rings is 1. The molecule has 146 valence electrons. The highest BCUT2D eigenvalue weighted by Crippen LogP contribution is 2.25. The van der Waals surface area contributed by atoms with Crippen LogP contribution in [-0.2, 0) is 14.9 Å². The third kappa shape index (κ3) is 3.15. The van der Waals surface area contributed by atoms with Crippen LogP contribution in [0.25, 0.3) is 11.0 Å². The second-order valence-electron chi connectivity index (χ2n) is 6.30. The van der Waals surface area contributed by atoms with Crippen molar-refractivity contribution in [3.05, 3.63) is 59.4 Å². The number of nitrogens with zero attached hydrogens (tertiary/aromatic N) is 3. The molecule has 0 bridgehead atoms. The van der Waals surface area contributed by atoms with Gasteiger partial charge in [-0.1, -0.05) is 12.1 Å². The molecule has 0 unspecified atom stereocenters. The van der Waals surface area contributed by atoms with Crippen LogP contribution in [0.3, 0.4) is 0 Å². The van der Waals surface area contributed by atoms with E-state index in [0.29, 0.717) is 5.52 Å². The van der Waals surface area contributed by atoms with Crippen molar-refractivity contribution >= 4 is 33.0 Å². The molecule has 2 heterocycles. The fraction of sp³-hybridized carbons (Fsp3) is 0.222. The number of ketones is 1. The second-order valence-corrected chi connectivity index (χ2v) is 8.07. The fourth-order valence-corrected chi connectivity index (χ4v) is 4.66. The van der Waals surface area contributed by atoms with E-state index in [-0.39, 0.29) is 48.9 Å². The van der Waals surface area contributed by atoms with Crippen molar-refractivity contribution in [1.82, 2.24) is 13.3 Å². The first-order chi connectivity index (χ1) is 13.4. The molecule has 2 N–H and O–H groups in total. The maximum atomic E-state index is 13.4. The summed E-state index contributed by atoms with van der Waals surface area (Å²) in [6.07, 6.45) is 0. The zero-order valence-electron chi connectivity index (χ0n) is 14.7. The van der Waals surface area contributed by atoms with Crippen LogP contribution in [-0.4, -0.2) is 53.8 Å². The summed E-state index contributed by atoms with van der Waals surface area (Å²) < 4.78 is 47.0. The number of benzene rings is 2. The molecule has 0 amide bonds. The number of imidazole rings is 1. The Kier molecular flexibility index (Phi) is 4.61. The zero-order valence-corrected chi connectivity index (χ0v) is 15.5. The summed E-state index contributed by atoms with van der Waals surface area (Å²) in [6.45, 7) is 0.969. The van der Waals surface area contributed by atoms with Crippen LogP contribution in [0.5, 0.6) is 0 Å². The predicted octanol–water partition coefficient (Wildman–Crippen LogP) is 1.41. The van der Waals surface area contributed by atoms with Gasteiger partial charge in [0.15, 0.2) is 5.78 Å². The van der Waals surface area contributed by atoms with E-state index in [1.165, 1.54) is 40.7 Å². The lowest BCUT2D eigenvalue weighted by Gasteiger charge is -2.26. The largest absolute Gasteiger partial charge is 0.379 e. The molecule has 8 nitrogen and oxygen atoms in total. The minimum Gasteiger partial charge on any atom is -0.379 e. The number of aromatic nitrogens is 2. The van der Waals surface area contributed by atoms with Crippen molar-refractivity contribution in [1.29, 1.82) is 0 Å². The number of hydrogen-bond acceptors (Lipinski definition) is 6. The number of rotatable bonds is 4. The van der Waals surface area contributed by atoms with Gasteiger partial charge in [-0.2, -0.15) is 16.7 Å². The summed E-state index contributed by atoms with van der Waals surface area (Å²) in [5, 5.41) is 0. The van der Waals surface area contributed by atoms with Crippen molar-refractivity contribution in [3.63, 3.8) is 0 Å². The highest BCUT2D eigenvalue weighted by Gasteiger charge is 2.30. The third-order valence-electron chi connectivity index (χ3n) is 4.51. The van der Waals surface area contributed by atoms with Gasteiger partial charge in [0, 0.05) is 24.2 Å². The molecule has 10 heteroatoms. The van der Waals surface area contributed by atoms with E-state index in [9.17, 15) is 17.6 Å². The topological polar surface area (TPSA) is 108 Å². The lowest BCUT2D eigenvalue weighted by atomic mass is 10.0. The van der Waals surface area contributed by atoms with Gasteiger partial charge in [-0.05, 0) is 30.3 Å². The Morgan fingerprint density at radius 3 is 2.54 bits per heavy atom. The van der Waals surface area contributed by atoms with E-state index in [1.54, 1.807) is 0 Å². The third-order valence-corrected chi connectivity index (χ3v) is 6.38. The highest BCUT2D eigenvalue weighted by atomic mass is 32.2. The summed E-state index contributed by atoms with van der Waals surface area (Å²) >= 11 is 0. The van der Waals surface area contributed by atoms with Gasteiger partial charge in [-0.15, -0.1) is 0 Å². The summed E-state index contributed by atoms with van der Waals surface area (Å²) in [5.41, 5.74) is 6.77. The Balaban J connectivity index is 1.81. The average Bonchev–Trinajstić information content (AvgIpc) is 3.03. The van der Waals surface area contributed by atoms with Crippen molar-refractivity contribution in [2.24, 2.45) is 0 Å². The normalized spacial score (nSPS) is 15.8. The molecule has 0 radical (unpaired) electrons.